The van der Waals surface area contributed by atoms with Crippen LogP contribution in [0.4, 0.5) is 0 Å². The van der Waals surface area contributed by atoms with E-state index in [1.54, 1.807) is 6.07 Å². The molecule has 0 amide bonds. The fraction of sp³-hybridized carbons (Fsp3) is 0.0400. The van der Waals surface area contributed by atoms with Crippen LogP contribution >= 0.6 is 11.6 Å². The second-order valence-corrected chi connectivity index (χ2v) is 7.87. The second-order valence-electron chi connectivity index (χ2n) is 7.44. The van der Waals surface area contributed by atoms with Crippen LogP contribution in [0.5, 0.6) is 5.75 Å². The molecule has 4 aromatic rings. The minimum absolute atomic E-state index is 0.461. The third kappa shape index (κ3) is 2.01. The highest BCUT2D eigenvalue weighted by molar-refractivity contribution is 6.31. The number of fused-ring (bicyclic) bond motifs is 10. The van der Waals surface area contributed by atoms with Gasteiger partial charge in [0.05, 0.1) is 5.41 Å². The molecular weight excluding hydrogens is 379 g/mol. The average molecular weight is 394 g/mol. The van der Waals surface area contributed by atoms with Crippen LogP contribution in [0.3, 0.4) is 0 Å². The highest BCUT2D eigenvalue weighted by Crippen LogP contribution is 2.64. The summed E-state index contributed by atoms with van der Waals surface area (Å²) in [5.41, 5.74) is 8.87. The Bertz CT molecular complexity index is 1250. The van der Waals surface area contributed by atoms with Crippen LogP contribution in [0.25, 0.3) is 22.3 Å². The Hall–Kier alpha value is -3.01. The van der Waals surface area contributed by atoms with Crippen molar-refractivity contribution in [3.05, 3.63) is 112 Å². The van der Waals surface area contributed by atoms with Crippen LogP contribution < -0.4 is 4.65 Å². The molecule has 0 unspecified atom stereocenters. The summed E-state index contributed by atoms with van der Waals surface area (Å²) in [6.45, 7) is 0. The maximum absolute atomic E-state index is 9.37. The molecule has 0 atom stereocenters. The lowest BCUT2D eigenvalue weighted by Crippen LogP contribution is -2.25. The molecule has 1 spiro atoms. The highest BCUT2D eigenvalue weighted by atomic mass is 35.5. The van der Waals surface area contributed by atoms with E-state index < -0.39 is 5.41 Å². The van der Waals surface area contributed by atoms with Gasteiger partial charge >= 0.3 is 7.69 Å². The van der Waals surface area contributed by atoms with E-state index in [9.17, 15) is 5.02 Å². The normalized spacial score (nSPS) is 14.1. The maximum Gasteiger partial charge on any atom is 0.569 e. The smallest absolute Gasteiger partial charge is 0.537 e. The summed E-state index contributed by atoms with van der Waals surface area (Å²) in [7, 11) is 0.718. The van der Waals surface area contributed by atoms with Gasteiger partial charge in [-0.15, -0.1) is 0 Å². The molecule has 0 saturated heterocycles. The van der Waals surface area contributed by atoms with Crippen molar-refractivity contribution in [3.8, 4) is 28.0 Å². The lowest BCUT2D eigenvalue weighted by molar-refractivity contribution is 0.454. The quantitative estimate of drug-likeness (QED) is 0.389. The van der Waals surface area contributed by atoms with Crippen molar-refractivity contribution in [3.63, 3.8) is 0 Å². The molecule has 0 saturated carbocycles. The molecule has 0 aromatic heterocycles. The SMILES string of the molecule is O[B]Oc1cc(Cl)cc2c1-c1ccccc1C21c2ccccc2-c2ccccc21. The van der Waals surface area contributed by atoms with Crippen molar-refractivity contribution in [1.29, 1.82) is 0 Å². The Morgan fingerprint density at radius 2 is 1.21 bits per heavy atom. The zero-order valence-corrected chi connectivity index (χ0v) is 16.1. The Balaban J connectivity index is 1.84. The second kappa shape index (κ2) is 5.99. The number of benzene rings is 4. The summed E-state index contributed by atoms with van der Waals surface area (Å²) in [6, 6.07) is 29.4. The zero-order valence-electron chi connectivity index (χ0n) is 15.4. The number of rotatable bonds is 2. The van der Waals surface area contributed by atoms with E-state index in [0.717, 1.165) is 24.4 Å². The Morgan fingerprint density at radius 3 is 1.79 bits per heavy atom. The maximum atomic E-state index is 9.37. The number of halogens is 1. The van der Waals surface area contributed by atoms with Crippen molar-refractivity contribution in [2.45, 2.75) is 5.41 Å². The van der Waals surface area contributed by atoms with Crippen molar-refractivity contribution >= 4 is 19.3 Å². The molecule has 4 aromatic carbocycles. The summed E-state index contributed by atoms with van der Waals surface area (Å²) in [5.74, 6) is 0.557. The molecule has 2 nitrogen and oxygen atoms in total. The molecule has 6 rings (SSSR count). The van der Waals surface area contributed by atoms with Crippen molar-refractivity contribution < 1.29 is 9.68 Å². The monoisotopic (exact) mass is 393 g/mol. The van der Waals surface area contributed by atoms with Crippen LogP contribution in [0.2, 0.25) is 5.02 Å². The first-order valence-corrected chi connectivity index (χ1v) is 9.90. The first-order valence-electron chi connectivity index (χ1n) is 9.52. The van der Waals surface area contributed by atoms with Gasteiger partial charge in [-0.25, -0.2) is 0 Å². The molecule has 2 aliphatic rings. The summed E-state index contributed by atoms with van der Waals surface area (Å²) in [6.07, 6.45) is 0. The summed E-state index contributed by atoms with van der Waals surface area (Å²) in [4.78, 5) is 0. The van der Waals surface area contributed by atoms with E-state index in [2.05, 4.69) is 66.7 Å². The van der Waals surface area contributed by atoms with E-state index >= 15 is 0 Å². The van der Waals surface area contributed by atoms with E-state index in [4.69, 9.17) is 16.3 Å². The van der Waals surface area contributed by atoms with Gasteiger partial charge in [0.1, 0.15) is 5.75 Å². The van der Waals surface area contributed by atoms with Gasteiger partial charge in [-0.1, -0.05) is 84.4 Å². The van der Waals surface area contributed by atoms with Gasteiger partial charge in [0.15, 0.2) is 0 Å². The zero-order chi connectivity index (χ0) is 19.6. The lowest BCUT2D eigenvalue weighted by Gasteiger charge is -2.30. The Labute approximate surface area is 174 Å². The minimum Gasteiger partial charge on any atom is -0.537 e. The van der Waals surface area contributed by atoms with Crippen LogP contribution in [-0.2, 0) is 5.41 Å². The highest BCUT2D eigenvalue weighted by Gasteiger charge is 2.52. The fourth-order valence-electron chi connectivity index (χ4n) is 5.29. The van der Waals surface area contributed by atoms with Crippen LogP contribution in [-0.4, -0.2) is 12.7 Å². The molecular formula is C25H15BClO2. The molecule has 137 valence electrons. The third-order valence-corrected chi connectivity index (χ3v) is 6.42. The van der Waals surface area contributed by atoms with E-state index in [1.165, 1.54) is 27.8 Å². The fourth-order valence-corrected chi connectivity index (χ4v) is 5.50. The van der Waals surface area contributed by atoms with E-state index in [0.29, 0.717) is 10.8 Å². The van der Waals surface area contributed by atoms with Crippen LogP contribution in [0.1, 0.15) is 22.3 Å². The molecule has 4 heteroatoms. The van der Waals surface area contributed by atoms with Crippen molar-refractivity contribution in [2.24, 2.45) is 0 Å². The summed E-state index contributed by atoms with van der Waals surface area (Å²) >= 11 is 6.55. The minimum atomic E-state index is -0.461. The summed E-state index contributed by atoms with van der Waals surface area (Å²) in [5, 5.41) is 9.95. The largest absolute Gasteiger partial charge is 0.569 e. The molecule has 0 aliphatic heterocycles. The molecule has 1 radical (unpaired) electrons. The standard InChI is InChI=1S/C25H15BClO2/c27-15-13-22-24(23(14-15)29-26-28)18-9-3-6-12-21(18)25(22)19-10-4-1-7-16(19)17-8-2-5-11-20(17)25/h1-14,28H. The molecule has 0 fully saturated rings. The average Bonchev–Trinajstić information content (AvgIpc) is 3.21. The predicted octanol–water partition coefficient (Wildman–Crippen LogP) is 5.59. The number of hydrogen-bond acceptors (Lipinski definition) is 2. The first kappa shape index (κ1) is 16.9. The van der Waals surface area contributed by atoms with Gasteiger partial charge in [-0.2, -0.15) is 0 Å². The van der Waals surface area contributed by atoms with Gasteiger partial charge in [0, 0.05) is 10.6 Å². The van der Waals surface area contributed by atoms with Gasteiger partial charge in [0.2, 0.25) is 0 Å². The third-order valence-electron chi connectivity index (χ3n) is 6.20. The molecule has 1 N–H and O–H groups in total. The van der Waals surface area contributed by atoms with Gasteiger partial charge in [-0.3, -0.25) is 0 Å². The van der Waals surface area contributed by atoms with Crippen LogP contribution in [0, 0.1) is 0 Å². The van der Waals surface area contributed by atoms with E-state index in [-0.39, 0.29) is 0 Å². The number of hydrogen-bond donors (Lipinski definition) is 1. The predicted molar refractivity (Wildman–Crippen MR) is 116 cm³/mol. The lowest BCUT2D eigenvalue weighted by atomic mass is 9.70. The summed E-state index contributed by atoms with van der Waals surface area (Å²) < 4.78 is 5.51. The first-order chi connectivity index (χ1) is 14.3. The van der Waals surface area contributed by atoms with Gasteiger partial charge in [0.25, 0.3) is 0 Å². The molecule has 2 aliphatic carbocycles. The van der Waals surface area contributed by atoms with Crippen molar-refractivity contribution in [1.82, 2.24) is 0 Å². The van der Waals surface area contributed by atoms with Crippen LogP contribution in [0.15, 0.2) is 84.9 Å². The molecule has 0 bridgehead atoms. The topological polar surface area (TPSA) is 29.5 Å². The molecule has 29 heavy (non-hydrogen) atoms. The van der Waals surface area contributed by atoms with Gasteiger partial charge in [-0.05, 0) is 51.1 Å². The van der Waals surface area contributed by atoms with E-state index in [1.807, 2.05) is 12.1 Å². The van der Waals surface area contributed by atoms with Gasteiger partial charge < -0.3 is 9.68 Å². The Kier molecular flexibility index (Phi) is 3.49. The Morgan fingerprint density at radius 1 is 0.690 bits per heavy atom. The molecule has 0 heterocycles. The van der Waals surface area contributed by atoms with Crippen molar-refractivity contribution in [2.75, 3.05) is 0 Å².